The first-order valence-corrected chi connectivity index (χ1v) is 21.1. The molecule has 1 heterocycles. The summed E-state index contributed by atoms with van der Waals surface area (Å²) in [7, 11) is 0. The lowest BCUT2D eigenvalue weighted by Gasteiger charge is -2.31. The Balaban J connectivity index is 1.02. The second kappa shape index (κ2) is 13.0. The summed E-state index contributed by atoms with van der Waals surface area (Å²) in [5.41, 5.74) is 17.5. The van der Waals surface area contributed by atoms with Gasteiger partial charge in [-0.1, -0.05) is 200 Å². The summed E-state index contributed by atoms with van der Waals surface area (Å²) in [6.45, 7) is 0. The summed E-state index contributed by atoms with van der Waals surface area (Å²) < 4.78 is 0. The lowest BCUT2D eigenvalue weighted by molar-refractivity contribution is 0.795. The average molecular weight is 773 g/mol. The summed E-state index contributed by atoms with van der Waals surface area (Å²) in [6, 6.07) is 79.9. The molecule has 2 heteroatoms. The van der Waals surface area contributed by atoms with Crippen molar-refractivity contribution in [2.45, 2.75) is 5.41 Å². The van der Waals surface area contributed by atoms with Crippen molar-refractivity contribution in [1.82, 2.24) is 9.97 Å². The largest absolute Gasteiger partial charge is 0.228 e. The van der Waals surface area contributed by atoms with Crippen LogP contribution in [-0.4, -0.2) is 9.97 Å². The Morgan fingerprint density at radius 1 is 0.279 bits per heavy atom. The van der Waals surface area contributed by atoms with Crippen LogP contribution in [0.3, 0.4) is 0 Å². The van der Waals surface area contributed by atoms with Crippen molar-refractivity contribution in [2.24, 2.45) is 0 Å². The molecule has 2 nitrogen and oxygen atoms in total. The van der Waals surface area contributed by atoms with Gasteiger partial charge in [-0.25, -0.2) is 9.97 Å². The highest BCUT2D eigenvalue weighted by molar-refractivity contribution is 6.16. The van der Waals surface area contributed by atoms with Crippen molar-refractivity contribution in [3.05, 3.63) is 241 Å². The molecule has 13 rings (SSSR count). The van der Waals surface area contributed by atoms with Gasteiger partial charge in [0.15, 0.2) is 5.82 Å². The van der Waals surface area contributed by atoms with Crippen LogP contribution in [0.2, 0.25) is 0 Å². The van der Waals surface area contributed by atoms with E-state index in [0.717, 1.165) is 28.1 Å². The number of nitrogens with zero attached hydrogens (tertiary/aromatic N) is 2. The molecule has 11 aromatic rings. The van der Waals surface area contributed by atoms with Crippen LogP contribution in [0, 0.1) is 0 Å². The molecule has 0 radical (unpaired) electrons. The first kappa shape index (κ1) is 34.0. The van der Waals surface area contributed by atoms with Crippen molar-refractivity contribution in [3.8, 4) is 67.3 Å². The number of rotatable bonds is 4. The molecular weight excluding hydrogens is 737 g/mol. The molecule has 0 amide bonds. The van der Waals surface area contributed by atoms with E-state index in [2.05, 4.69) is 200 Å². The molecule has 0 atom stereocenters. The number of hydrogen-bond donors (Lipinski definition) is 0. The monoisotopic (exact) mass is 772 g/mol. The molecule has 1 aromatic heterocycles. The molecule has 2 aliphatic carbocycles. The van der Waals surface area contributed by atoms with Crippen LogP contribution < -0.4 is 0 Å². The van der Waals surface area contributed by atoms with Crippen molar-refractivity contribution in [3.63, 3.8) is 0 Å². The van der Waals surface area contributed by atoms with Gasteiger partial charge in [-0.05, 0) is 106 Å². The number of benzene rings is 10. The minimum absolute atomic E-state index is 0.464. The maximum absolute atomic E-state index is 5.19. The standard InChI is InChI=1S/C59H36N2/c1-2-16-41(17-3-1)58-60-54(36-55(61-58)43-31-26-37-14-4-5-18-42(37)34-43)40-29-27-39(28-30-40)49-35-53-57(48-23-9-8-20-45(48)49)56-44-19-7-6-15-38(44)32-33-52(56)59(53)50-24-12-10-21-46(50)47-22-11-13-25-51(47)59/h1-36H. The minimum atomic E-state index is -0.464. The van der Waals surface area contributed by atoms with Gasteiger partial charge in [0, 0.05) is 16.7 Å². The van der Waals surface area contributed by atoms with Crippen LogP contribution in [0.4, 0.5) is 0 Å². The Morgan fingerprint density at radius 2 is 0.820 bits per heavy atom. The Morgan fingerprint density at radius 3 is 1.57 bits per heavy atom. The second-order valence-electron chi connectivity index (χ2n) is 16.4. The predicted octanol–water partition coefficient (Wildman–Crippen LogP) is 14.9. The molecule has 0 unspecified atom stereocenters. The highest BCUT2D eigenvalue weighted by atomic mass is 14.9. The van der Waals surface area contributed by atoms with Gasteiger partial charge in [0.05, 0.1) is 16.8 Å². The van der Waals surface area contributed by atoms with E-state index < -0.39 is 5.41 Å². The van der Waals surface area contributed by atoms with Crippen LogP contribution in [0.15, 0.2) is 218 Å². The van der Waals surface area contributed by atoms with E-state index in [1.54, 1.807) is 0 Å². The fraction of sp³-hybridized carbons (Fsp3) is 0.0169. The van der Waals surface area contributed by atoms with Crippen LogP contribution in [0.25, 0.3) is 99.6 Å². The summed E-state index contributed by atoms with van der Waals surface area (Å²) in [4.78, 5) is 10.3. The summed E-state index contributed by atoms with van der Waals surface area (Å²) in [5.74, 6) is 0.712. The van der Waals surface area contributed by atoms with Crippen LogP contribution in [0.5, 0.6) is 0 Å². The zero-order chi connectivity index (χ0) is 40.1. The zero-order valence-corrected chi connectivity index (χ0v) is 33.2. The molecule has 2 aliphatic rings. The van der Waals surface area contributed by atoms with Crippen LogP contribution >= 0.6 is 0 Å². The fourth-order valence-corrected chi connectivity index (χ4v) is 10.6. The zero-order valence-electron chi connectivity index (χ0n) is 33.2. The molecule has 1 spiro atoms. The summed E-state index contributed by atoms with van der Waals surface area (Å²) in [6.07, 6.45) is 0. The van der Waals surface area contributed by atoms with E-state index in [0.29, 0.717) is 5.82 Å². The molecule has 0 N–H and O–H groups in total. The molecule has 10 aromatic carbocycles. The minimum Gasteiger partial charge on any atom is -0.228 e. The quantitative estimate of drug-likeness (QED) is 0.178. The van der Waals surface area contributed by atoms with Gasteiger partial charge < -0.3 is 0 Å². The van der Waals surface area contributed by atoms with Crippen molar-refractivity contribution >= 4 is 32.3 Å². The number of aromatic nitrogens is 2. The Hall–Kier alpha value is -7.94. The Kier molecular flexibility index (Phi) is 7.26. The average Bonchev–Trinajstić information content (AvgIpc) is 3.81. The Bertz CT molecular complexity index is 3540. The molecule has 0 aliphatic heterocycles. The fourth-order valence-electron chi connectivity index (χ4n) is 10.6. The lowest BCUT2D eigenvalue weighted by atomic mass is 9.70. The maximum Gasteiger partial charge on any atom is 0.160 e. The van der Waals surface area contributed by atoms with Gasteiger partial charge >= 0.3 is 0 Å². The third-order valence-electron chi connectivity index (χ3n) is 13.3. The summed E-state index contributed by atoms with van der Waals surface area (Å²) in [5, 5.41) is 7.48. The maximum atomic E-state index is 5.19. The highest BCUT2D eigenvalue weighted by Gasteiger charge is 2.52. The van der Waals surface area contributed by atoms with Crippen LogP contribution in [-0.2, 0) is 5.41 Å². The molecule has 0 bridgehead atoms. The molecule has 61 heavy (non-hydrogen) atoms. The third kappa shape index (κ3) is 4.91. The van der Waals surface area contributed by atoms with Gasteiger partial charge in [0.2, 0.25) is 0 Å². The van der Waals surface area contributed by atoms with Crippen molar-refractivity contribution < 1.29 is 0 Å². The molecule has 0 saturated carbocycles. The van der Waals surface area contributed by atoms with Crippen molar-refractivity contribution in [1.29, 1.82) is 0 Å². The second-order valence-corrected chi connectivity index (χ2v) is 16.4. The van der Waals surface area contributed by atoms with E-state index in [1.165, 1.54) is 88.0 Å². The lowest BCUT2D eigenvalue weighted by Crippen LogP contribution is -2.26. The van der Waals surface area contributed by atoms with E-state index in [-0.39, 0.29) is 0 Å². The van der Waals surface area contributed by atoms with E-state index in [9.17, 15) is 0 Å². The van der Waals surface area contributed by atoms with Crippen molar-refractivity contribution in [2.75, 3.05) is 0 Å². The molecule has 0 fully saturated rings. The SMILES string of the molecule is c1ccc(-c2nc(-c3ccc(-c4cc5c(c6ccccc46)-c4c(ccc6ccccc46)C54c5ccccc5-c5ccccc54)cc3)cc(-c3ccc4ccccc4c3)n2)cc1. The van der Waals surface area contributed by atoms with E-state index >= 15 is 0 Å². The number of fused-ring (bicyclic) bond motifs is 15. The van der Waals surface area contributed by atoms with Gasteiger partial charge in [-0.15, -0.1) is 0 Å². The smallest absolute Gasteiger partial charge is 0.160 e. The number of hydrogen-bond acceptors (Lipinski definition) is 2. The van der Waals surface area contributed by atoms with E-state index in [1.807, 2.05) is 18.2 Å². The van der Waals surface area contributed by atoms with Gasteiger partial charge in [-0.2, -0.15) is 0 Å². The highest BCUT2D eigenvalue weighted by Crippen LogP contribution is 2.65. The Labute approximate surface area is 354 Å². The van der Waals surface area contributed by atoms with Gasteiger partial charge in [0.1, 0.15) is 0 Å². The summed E-state index contributed by atoms with van der Waals surface area (Å²) >= 11 is 0. The molecule has 0 saturated heterocycles. The van der Waals surface area contributed by atoms with Crippen LogP contribution in [0.1, 0.15) is 22.3 Å². The topological polar surface area (TPSA) is 25.8 Å². The third-order valence-corrected chi connectivity index (χ3v) is 13.3. The first-order chi connectivity index (χ1) is 30.2. The molecular formula is C59H36N2. The van der Waals surface area contributed by atoms with Gasteiger partial charge in [-0.3, -0.25) is 0 Å². The van der Waals surface area contributed by atoms with E-state index in [4.69, 9.17) is 9.97 Å². The molecule has 282 valence electrons. The normalized spacial score (nSPS) is 13.0. The van der Waals surface area contributed by atoms with Gasteiger partial charge in [0.25, 0.3) is 0 Å². The first-order valence-electron chi connectivity index (χ1n) is 21.1. The predicted molar refractivity (Wildman–Crippen MR) is 253 cm³/mol.